The fourth-order valence-corrected chi connectivity index (χ4v) is 8.36. The molecule has 2 aromatic rings. The first kappa shape index (κ1) is 41.2. The average molecular weight is 748 g/mol. The lowest BCUT2D eigenvalue weighted by Gasteiger charge is -2.28. The Morgan fingerprint density at radius 3 is 1.53 bits per heavy atom. The monoisotopic (exact) mass is 746 g/mol. The summed E-state index contributed by atoms with van der Waals surface area (Å²) < 4.78 is 11.0. The van der Waals surface area contributed by atoms with Crippen molar-refractivity contribution >= 4 is 35.4 Å². The molecule has 6 atom stereocenters. The molecule has 0 radical (unpaired) electrons. The van der Waals surface area contributed by atoms with Gasteiger partial charge in [0, 0.05) is 68.5 Å². The second-order valence-corrected chi connectivity index (χ2v) is 17.4. The molecule has 9 nitrogen and oxygen atoms in total. The molecule has 2 unspecified atom stereocenters. The van der Waals surface area contributed by atoms with Crippen LogP contribution in [0.5, 0.6) is 0 Å². The van der Waals surface area contributed by atoms with Crippen molar-refractivity contribution in [1.29, 1.82) is 0 Å². The van der Waals surface area contributed by atoms with Gasteiger partial charge in [-0.1, -0.05) is 59.6 Å². The topological polar surface area (TPSA) is 94.6 Å². The molecule has 11 heteroatoms. The summed E-state index contributed by atoms with van der Waals surface area (Å²) in [5.41, 5.74) is 1.48. The van der Waals surface area contributed by atoms with Crippen LogP contribution in [0.25, 0.3) is 0 Å². The third-order valence-electron chi connectivity index (χ3n) is 10.3. The van der Waals surface area contributed by atoms with Gasteiger partial charge in [-0.2, -0.15) is 0 Å². The van der Waals surface area contributed by atoms with Crippen molar-refractivity contribution in [3.63, 3.8) is 0 Å². The Balaban J connectivity index is 0.000000218. The van der Waals surface area contributed by atoms with Crippen molar-refractivity contribution in [1.82, 2.24) is 20.0 Å². The van der Waals surface area contributed by atoms with E-state index in [4.69, 9.17) is 37.8 Å². The van der Waals surface area contributed by atoms with Crippen LogP contribution in [-0.2, 0) is 22.6 Å². The van der Waals surface area contributed by atoms with Crippen LogP contribution in [0, 0.1) is 23.7 Å². The summed E-state index contributed by atoms with van der Waals surface area (Å²) >= 11 is 12.5. The summed E-state index contributed by atoms with van der Waals surface area (Å²) in [5, 5.41) is 12.3. The van der Waals surface area contributed by atoms with Gasteiger partial charge in [0.1, 0.15) is 11.2 Å². The van der Waals surface area contributed by atoms with Crippen molar-refractivity contribution in [3.8, 4) is 0 Å². The molecule has 2 saturated heterocycles. The zero-order valence-corrected chi connectivity index (χ0v) is 33.3. The smallest absolute Gasteiger partial charge is 0.410 e. The largest absolute Gasteiger partial charge is 0.444 e. The van der Waals surface area contributed by atoms with Crippen molar-refractivity contribution in [2.75, 3.05) is 40.3 Å². The van der Waals surface area contributed by atoms with Crippen LogP contribution in [0.2, 0.25) is 10.0 Å². The summed E-state index contributed by atoms with van der Waals surface area (Å²) in [7, 11) is 3.18. The summed E-state index contributed by atoms with van der Waals surface area (Å²) in [4.78, 5) is 30.6. The molecule has 2 heterocycles. The minimum Gasteiger partial charge on any atom is -0.444 e. The first-order valence-corrected chi connectivity index (χ1v) is 19.1. The highest BCUT2D eigenvalue weighted by Crippen LogP contribution is 2.41. The van der Waals surface area contributed by atoms with E-state index in [1.165, 1.54) is 5.56 Å². The van der Waals surface area contributed by atoms with Gasteiger partial charge in [0.2, 0.25) is 0 Å². The minimum absolute atomic E-state index is 0.164. The zero-order valence-electron chi connectivity index (χ0n) is 31.8. The molecule has 2 N–H and O–H groups in total. The number of ether oxygens (including phenoxy) is 2. The number of fused-ring (bicyclic) bond motifs is 2. The van der Waals surface area contributed by atoms with Crippen LogP contribution < -0.4 is 5.32 Å². The Bertz CT molecular complexity index is 1420. The highest BCUT2D eigenvalue weighted by atomic mass is 35.5. The summed E-state index contributed by atoms with van der Waals surface area (Å²) in [6.07, 6.45) is 4.19. The van der Waals surface area contributed by atoms with Crippen LogP contribution >= 0.6 is 23.2 Å². The molecule has 284 valence electrons. The molecular weight excluding hydrogens is 687 g/mol. The van der Waals surface area contributed by atoms with Crippen molar-refractivity contribution in [2.24, 2.45) is 23.7 Å². The maximum atomic E-state index is 12.3. The van der Waals surface area contributed by atoms with Crippen molar-refractivity contribution in [3.05, 3.63) is 69.7 Å². The Hall–Kier alpha value is -2.56. The third-order valence-corrected chi connectivity index (χ3v) is 11.1. The second kappa shape index (κ2) is 18.0. The molecule has 2 saturated carbocycles. The first-order valence-electron chi connectivity index (χ1n) is 18.4. The number of nitrogens with one attached hydrogen (secondary N) is 1. The highest BCUT2D eigenvalue weighted by Gasteiger charge is 2.45. The number of carbonyl (C=O) groups excluding carboxylic acids is 2. The maximum absolute atomic E-state index is 12.3. The molecule has 2 aromatic carbocycles. The van der Waals surface area contributed by atoms with Crippen LogP contribution in [0.15, 0.2) is 48.5 Å². The predicted octanol–water partition coefficient (Wildman–Crippen LogP) is 8.10. The minimum atomic E-state index is -0.424. The molecule has 2 aliphatic heterocycles. The molecule has 4 aliphatic rings. The van der Waals surface area contributed by atoms with E-state index in [0.717, 1.165) is 87.7 Å². The highest BCUT2D eigenvalue weighted by molar-refractivity contribution is 6.31. The molecule has 0 bridgehead atoms. The third kappa shape index (κ3) is 12.0. The second-order valence-electron chi connectivity index (χ2n) is 16.6. The zero-order chi connectivity index (χ0) is 37.5. The predicted molar refractivity (Wildman–Crippen MR) is 205 cm³/mol. The van der Waals surface area contributed by atoms with E-state index >= 15 is 0 Å². The summed E-state index contributed by atoms with van der Waals surface area (Å²) in [5.74, 6) is 2.35. The Morgan fingerprint density at radius 2 is 1.12 bits per heavy atom. The van der Waals surface area contributed by atoms with Gasteiger partial charge in [-0.15, -0.1) is 0 Å². The molecule has 2 amide bonds. The number of hydrogen-bond donors (Lipinski definition) is 2. The molecule has 51 heavy (non-hydrogen) atoms. The van der Waals surface area contributed by atoms with E-state index in [0.29, 0.717) is 35.8 Å². The molecule has 4 fully saturated rings. The first-order chi connectivity index (χ1) is 24.0. The van der Waals surface area contributed by atoms with Gasteiger partial charge in [0.25, 0.3) is 0 Å². The van der Waals surface area contributed by atoms with Gasteiger partial charge in [-0.05, 0) is 121 Å². The van der Waals surface area contributed by atoms with E-state index in [1.807, 2.05) is 87.7 Å². The van der Waals surface area contributed by atoms with Gasteiger partial charge in [-0.3, -0.25) is 4.90 Å². The van der Waals surface area contributed by atoms with Crippen molar-refractivity contribution in [2.45, 2.75) is 104 Å². The van der Waals surface area contributed by atoms with Gasteiger partial charge in [-0.25, -0.2) is 9.59 Å². The van der Waals surface area contributed by atoms with Crippen LogP contribution in [0.1, 0.15) is 78.4 Å². The lowest BCUT2D eigenvalue weighted by molar-refractivity contribution is 0.0266. The van der Waals surface area contributed by atoms with E-state index in [1.54, 1.807) is 0 Å². The number of halogens is 2. The number of likely N-dealkylation sites (tertiary alicyclic amines) is 2. The lowest BCUT2D eigenvalue weighted by Crippen LogP contribution is -2.37. The number of aliphatic hydroxyl groups is 1. The van der Waals surface area contributed by atoms with E-state index in [2.05, 4.69) is 29.4 Å². The van der Waals surface area contributed by atoms with Gasteiger partial charge in [0.05, 0.1) is 0 Å². The van der Waals surface area contributed by atoms with Crippen LogP contribution in [0.3, 0.4) is 0 Å². The van der Waals surface area contributed by atoms with Gasteiger partial charge >= 0.3 is 12.2 Å². The molecule has 0 aromatic heterocycles. The molecular formula is C40H60Cl2N4O5. The number of benzene rings is 2. The number of aliphatic hydroxyl groups excluding tert-OH is 1. The fourth-order valence-electron chi connectivity index (χ4n) is 7.97. The Kier molecular flexibility index (Phi) is 14.5. The number of amides is 2. The van der Waals surface area contributed by atoms with Crippen LogP contribution in [0.4, 0.5) is 9.59 Å². The Labute approximate surface area is 315 Å². The fraction of sp³-hybridized carbons (Fsp3) is 0.650. The molecule has 6 rings (SSSR count). The summed E-state index contributed by atoms with van der Waals surface area (Å²) in [6, 6.07) is 17.1. The average Bonchev–Trinajstić information content (AvgIpc) is 3.82. The van der Waals surface area contributed by atoms with Gasteiger partial charge < -0.3 is 29.7 Å². The van der Waals surface area contributed by atoms with E-state index in [-0.39, 0.29) is 12.2 Å². The molecule has 0 spiro atoms. The Morgan fingerprint density at radius 1 is 0.725 bits per heavy atom. The number of carbonyl (C=O) groups is 2. The molecule has 2 aliphatic carbocycles. The van der Waals surface area contributed by atoms with Gasteiger partial charge in [0.15, 0.2) is 0 Å². The van der Waals surface area contributed by atoms with E-state index < -0.39 is 11.2 Å². The van der Waals surface area contributed by atoms with E-state index in [9.17, 15) is 9.59 Å². The standard InChI is InChI=1S/C20H29ClN2O2.C19H27ClN2O2.CH4O/c1-20(2,3)25-19(24)23-12-15-9-17(10-16(15)13-23)22(4)11-14-7-5-6-8-18(14)21;1-19(2,3)24-18(23)22-11-14-8-16(9-15(14)12-22)21-10-13-6-4-5-7-17(13)20;1-2/h5-8,15-17H,9-13H2,1-4H3;4-7,14-16,21H,8-12H2,1-3H3;2H,1H3/t15-,16+,17?;14-,15+,16?;. The SMILES string of the molecule is CC(C)(C)OC(=O)N1C[C@H]2CC(NCc3ccccc3Cl)C[C@H]2C1.CN(Cc1ccccc1Cl)C1C[C@@H]2CN(C(=O)OC(C)(C)C)C[C@@H]2C1.CO. The number of nitrogens with zero attached hydrogens (tertiary/aromatic N) is 3. The quantitative estimate of drug-likeness (QED) is 0.309. The maximum Gasteiger partial charge on any atom is 0.410 e. The normalized spacial score (nSPS) is 25.4. The van der Waals surface area contributed by atoms with Crippen molar-refractivity contribution < 1.29 is 24.2 Å². The lowest BCUT2D eigenvalue weighted by atomic mass is 10.0. The number of rotatable bonds is 6. The summed E-state index contributed by atoms with van der Waals surface area (Å²) in [6.45, 7) is 16.5. The number of hydrogen-bond acceptors (Lipinski definition) is 7. The van der Waals surface area contributed by atoms with Crippen LogP contribution in [-0.4, -0.2) is 95.6 Å².